The number of allylic oxidation sites excluding steroid dienone is 1. The van der Waals surface area contributed by atoms with E-state index < -0.39 is 34.8 Å². The van der Waals surface area contributed by atoms with Crippen LogP contribution in [0.3, 0.4) is 0 Å². The van der Waals surface area contributed by atoms with Gasteiger partial charge in [-0.05, 0) is 17.2 Å². The number of aliphatic carboxylic acids is 1. The van der Waals surface area contributed by atoms with Gasteiger partial charge in [0.05, 0.1) is 0 Å². The Morgan fingerprint density at radius 3 is 2.10 bits per heavy atom. The number of amides is 2. The SMILES string of the molecule is Nc1nc(C(=NOC(c2ccccc2)(c2ccccc2)c2ccccc2)C(=O)NC2C(=O)N3C(C(=O)O)=C(C=Cc4cccnc4)CS[C@@H]23)cs1. The lowest BCUT2D eigenvalue weighted by Gasteiger charge is -2.49. The maximum atomic E-state index is 14.1. The summed E-state index contributed by atoms with van der Waals surface area (Å²) in [4.78, 5) is 56.3. The Bertz CT molecular complexity index is 2060. The van der Waals surface area contributed by atoms with Crippen LogP contribution >= 0.6 is 23.1 Å². The molecule has 0 saturated carbocycles. The highest BCUT2D eigenvalue weighted by molar-refractivity contribution is 8.00. The molecule has 51 heavy (non-hydrogen) atoms. The number of carbonyl (C=O) groups is 3. The minimum absolute atomic E-state index is 0.128. The minimum Gasteiger partial charge on any atom is -0.477 e. The van der Waals surface area contributed by atoms with Crippen LogP contribution in [0, 0.1) is 0 Å². The van der Waals surface area contributed by atoms with Gasteiger partial charge in [0.1, 0.15) is 22.8 Å². The zero-order chi connectivity index (χ0) is 35.4. The second-order valence-corrected chi connectivity index (χ2v) is 13.5. The van der Waals surface area contributed by atoms with Gasteiger partial charge >= 0.3 is 5.97 Å². The number of β-lactam (4-membered cyclic amide) rings is 1. The molecule has 2 amide bonds. The van der Waals surface area contributed by atoms with E-state index in [-0.39, 0.29) is 22.2 Å². The van der Waals surface area contributed by atoms with Gasteiger partial charge in [-0.25, -0.2) is 9.78 Å². The molecule has 4 heterocycles. The number of nitrogens with one attached hydrogen (secondary N) is 1. The number of fused-ring (bicyclic) bond motifs is 1. The molecule has 1 fully saturated rings. The van der Waals surface area contributed by atoms with Gasteiger partial charge in [-0.1, -0.05) is 114 Å². The van der Waals surface area contributed by atoms with Gasteiger partial charge in [0, 0.05) is 40.2 Å². The third-order valence-electron chi connectivity index (χ3n) is 8.44. The van der Waals surface area contributed by atoms with Crippen molar-refractivity contribution in [2.45, 2.75) is 17.0 Å². The van der Waals surface area contributed by atoms with Crippen molar-refractivity contribution < 1.29 is 24.3 Å². The van der Waals surface area contributed by atoms with E-state index in [9.17, 15) is 19.5 Å². The number of aromatic nitrogens is 2. The Morgan fingerprint density at radius 2 is 1.57 bits per heavy atom. The Labute approximate surface area is 301 Å². The second kappa shape index (κ2) is 14.4. The van der Waals surface area contributed by atoms with Crippen LogP contribution in [-0.2, 0) is 24.8 Å². The fraction of sp³-hybridized carbons (Fsp3) is 0.105. The topological polar surface area (TPSA) is 160 Å². The number of carbonyl (C=O) groups excluding carboxylic acids is 2. The van der Waals surface area contributed by atoms with Gasteiger partial charge in [0.15, 0.2) is 10.8 Å². The van der Waals surface area contributed by atoms with E-state index in [4.69, 9.17) is 10.6 Å². The lowest BCUT2D eigenvalue weighted by atomic mass is 9.80. The standard InChI is InChI=1S/C38H30N6O5S2/c39-37-41-29(23-51-37)30(43-49-38(26-12-4-1-5-13-26,27-14-6-2-7-15-27)28-16-8-3-9-17-28)33(45)42-31-34(46)44-32(36(47)48)25(22-50-35(31)44)19-18-24-11-10-20-40-21-24/h1-21,23,31,35H,22H2,(H2,39,41)(H,42,45)(H,47,48)/t31?,35-/m0/s1. The Balaban J connectivity index is 1.22. The lowest BCUT2D eigenvalue weighted by Crippen LogP contribution is -2.71. The predicted octanol–water partition coefficient (Wildman–Crippen LogP) is 5.29. The molecular formula is C38H30N6O5S2. The first-order valence-electron chi connectivity index (χ1n) is 15.8. The fourth-order valence-electron chi connectivity index (χ4n) is 6.04. The zero-order valence-corrected chi connectivity index (χ0v) is 28.5. The number of anilines is 1. The number of thiazole rings is 1. The lowest BCUT2D eigenvalue weighted by molar-refractivity contribution is -0.150. The molecule has 5 aromatic rings. The number of benzene rings is 3. The summed E-state index contributed by atoms with van der Waals surface area (Å²) in [6.45, 7) is 0. The molecule has 1 saturated heterocycles. The number of nitrogen functional groups attached to an aromatic ring is 1. The van der Waals surface area contributed by atoms with Crippen molar-refractivity contribution in [2.24, 2.45) is 5.16 Å². The van der Waals surface area contributed by atoms with Crippen molar-refractivity contribution in [2.75, 3.05) is 11.5 Å². The van der Waals surface area contributed by atoms with Gasteiger partial charge in [-0.3, -0.25) is 19.5 Å². The fourth-order valence-corrected chi connectivity index (χ4v) is 7.91. The largest absolute Gasteiger partial charge is 0.477 e. The number of hydrogen-bond acceptors (Lipinski definition) is 10. The third-order valence-corrected chi connectivity index (χ3v) is 10.4. The first kappa shape index (κ1) is 33.4. The number of hydrogen-bond donors (Lipinski definition) is 3. The Hall–Kier alpha value is -6.05. The number of carboxylic acids is 1. The molecule has 3 aromatic carbocycles. The second-order valence-electron chi connectivity index (χ2n) is 11.5. The molecule has 0 bridgehead atoms. The van der Waals surface area contributed by atoms with Gasteiger partial charge in [-0.2, -0.15) is 0 Å². The summed E-state index contributed by atoms with van der Waals surface area (Å²) < 4.78 is 0. The van der Waals surface area contributed by atoms with E-state index in [0.717, 1.165) is 33.6 Å². The van der Waals surface area contributed by atoms with Gasteiger partial charge in [0.25, 0.3) is 11.8 Å². The van der Waals surface area contributed by atoms with Crippen LogP contribution in [0.2, 0.25) is 0 Å². The smallest absolute Gasteiger partial charge is 0.352 e. The Kier molecular flexibility index (Phi) is 9.47. The van der Waals surface area contributed by atoms with Crippen molar-refractivity contribution in [3.8, 4) is 0 Å². The molecule has 0 radical (unpaired) electrons. The molecular weight excluding hydrogens is 685 g/mol. The highest BCUT2D eigenvalue weighted by Gasteiger charge is 2.54. The average molecular weight is 715 g/mol. The normalized spacial score (nSPS) is 17.5. The maximum Gasteiger partial charge on any atom is 0.352 e. The van der Waals surface area contributed by atoms with E-state index in [1.165, 1.54) is 16.7 Å². The molecule has 2 aliphatic rings. The number of thioether (sulfide) groups is 1. The summed E-state index contributed by atoms with van der Waals surface area (Å²) in [5.41, 5.74) is 8.06. The zero-order valence-electron chi connectivity index (χ0n) is 26.8. The summed E-state index contributed by atoms with van der Waals surface area (Å²) >= 11 is 2.48. The monoisotopic (exact) mass is 714 g/mol. The van der Waals surface area contributed by atoms with Gasteiger partial charge < -0.3 is 21.0 Å². The van der Waals surface area contributed by atoms with Gasteiger partial charge in [-0.15, -0.1) is 23.1 Å². The van der Waals surface area contributed by atoms with Crippen molar-refractivity contribution >= 4 is 57.8 Å². The van der Waals surface area contributed by atoms with Crippen LogP contribution in [0.25, 0.3) is 6.08 Å². The number of oxime groups is 1. The van der Waals surface area contributed by atoms with E-state index in [2.05, 4.69) is 20.4 Å². The molecule has 1 unspecified atom stereocenters. The summed E-state index contributed by atoms with van der Waals surface area (Å²) in [6, 6.07) is 31.2. The number of rotatable bonds is 11. The predicted molar refractivity (Wildman–Crippen MR) is 196 cm³/mol. The molecule has 13 heteroatoms. The van der Waals surface area contributed by atoms with E-state index in [1.807, 2.05) is 97.1 Å². The number of carboxylic acid groups (broad SMARTS) is 1. The molecule has 2 aliphatic heterocycles. The quantitative estimate of drug-likeness (QED) is 0.0716. The van der Waals surface area contributed by atoms with Crippen LogP contribution in [-0.4, -0.2) is 60.6 Å². The molecule has 254 valence electrons. The van der Waals surface area contributed by atoms with E-state index in [1.54, 1.807) is 36.0 Å². The van der Waals surface area contributed by atoms with Crippen molar-refractivity contribution in [1.29, 1.82) is 0 Å². The summed E-state index contributed by atoms with van der Waals surface area (Å²) in [5, 5.41) is 18.6. The third kappa shape index (κ3) is 6.52. The summed E-state index contributed by atoms with van der Waals surface area (Å²) in [5.74, 6) is -2.22. The Morgan fingerprint density at radius 1 is 0.941 bits per heavy atom. The van der Waals surface area contributed by atoms with Crippen LogP contribution in [0.4, 0.5) is 5.13 Å². The first-order chi connectivity index (χ1) is 24.9. The molecule has 2 atom stereocenters. The molecule has 7 rings (SSSR count). The van der Waals surface area contributed by atoms with Crippen molar-refractivity contribution in [1.82, 2.24) is 20.2 Å². The molecule has 11 nitrogen and oxygen atoms in total. The van der Waals surface area contributed by atoms with Crippen molar-refractivity contribution in [3.63, 3.8) is 0 Å². The van der Waals surface area contributed by atoms with Crippen LogP contribution in [0.15, 0.2) is 143 Å². The summed E-state index contributed by atoms with van der Waals surface area (Å²) in [6.07, 6.45) is 6.72. The molecule has 2 aromatic heterocycles. The molecule has 4 N–H and O–H groups in total. The first-order valence-corrected chi connectivity index (χ1v) is 17.7. The van der Waals surface area contributed by atoms with Crippen LogP contribution in [0.1, 0.15) is 27.9 Å². The highest BCUT2D eigenvalue weighted by Crippen LogP contribution is 2.42. The maximum absolute atomic E-state index is 14.1. The van der Waals surface area contributed by atoms with Crippen LogP contribution in [0.5, 0.6) is 0 Å². The van der Waals surface area contributed by atoms with Crippen LogP contribution < -0.4 is 11.1 Å². The molecule has 0 spiro atoms. The van der Waals surface area contributed by atoms with E-state index in [0.29, 0.717) is 11.3 Å². The minimum atomic E-state index is -1.29. The number of pyridine rings is 1. The summed E-state index contributed by atoms with van der Waals surface area (Å²) in [7, 11) is 0. The average Bonchev–Trinajstić information content (AvgIpc) is 3.61. The van der Waals surface area contributed by atoms with Crippen molar-refractivity contribution in [3.05, 3.63) is 166 Å². The highest BCUT2D eigenvalue weighted by atomic mass is 32.2. The number of nitrogens with two attached hydrogens (primary N) is 1. The van der Waals surface area contributed by atoms with Gasteiger partial charge in [0.2, 0.25) is 5.60 Å². The molecule has 0 aliphatic carbocycles. The number of nitrogens with zero attached hydrogens (tertiary/aromatic N) is 4. The van der Waals surface area contributed by atoms with E-state index >= 15 is 0 Å².